The second kappa shape index (κ2) is 8.39. The van der Waals surface area contributed by atoms with Crippen molar-refractivity contribution in [1.82, 2.24) is 5.32 Å². The number of amides is 1. The fourth-order valence-electron chi connectivity index (χ4n) is 2.05. The number of nitro benzene ring substituents is 1. The Balaban J connectivity index is 1.87. The van der Waals surface area contributed by atoms with Crippen molar-refractivity contribution in [2.24, 2.45) is 0 Å². The minimum atomic E-state index is -0.692. The van der Waals surface area contributed by atoms with Crippen molar-refractivity contribution < 1.29 is 23.2 Å². The highest BCUT2D eigenvalue weighted by molar-refractivity contribution is 6.30. The molecule has 0 saturated carbocycles. The van der Waals surface area contributed by atoms with Crippen LogP contribution in [0, 0.1) is 21.7 Å². The lowest BCUT2D eigenvalue weighted by molar-refractivity contribution is -0.385. The lowest BCUT2D eigenvalue weighted by Gasteiger charge is -2.09. The molecule has 0 radical (unpaired) electrons. The molecule has 1 N–H and O–H groups in total. The number of carbonyl (C=O) groups excluding carboxylic acids is 1. The topological polar surface area (TPSA) is 81.5 Å². The van der Waals surface area contributed by atoms with E-state index in [0.29, 0.717) is 0 Å². The monoisotopic (exact) mass is 370 g/mol. The highest BCUT2D eigenvalue weighted by atomic mass is 35.5. The average Bonchev–Trinajstić information content (AvgIpc) is 2.56. The van der Waals surface area contributed by atoms with E-state index in [1.165, 1.54) is 18.2 Å². The SMILES string of the molecule is O=C(COc1ccc(Cl)cc1[N+](=O)[O-])NCCc1c(F)cccc1F. The number of hydrogen-bond acceptors (Lipinski definition) is 4. The van der Waals surface area contributed by atoms with Gasteiger partial charge in [-0.3, -0.25) is 14.9 Å². The lowest BCUT2D eigenvalue weighted by Crippen LogP contribution is -2.31. The fourth-order valence-corrected chi connectivity index (χ4v) is 2.21. The van der Waals surface area contributed by atoms with Crippen LogP contribution in [0.2, 0.25) is 5.02 Å². The van der Waals surface area contributed by atoms with Crippen molar-refractivity contribution in [3.63, 3.8) is 0 Å². The summed E-state index contributed by atoms with van der Waals surface area (Å²) in [5, 5.41) is 13.5. The van der Waals surface area contributed by atoms with Gasteiger partial charge in [0.15, 0.2) is 12.4 Å². The summed E-state index contributed by atoms with van der Waals surface area (Å²) in [4.78, 5) is 21.9. The van der Waals surface area contributed by atoms with E-state index in [-0.39, 0.29) is 35.0 Å². The molecular formula is C16H13ClF2N2O4. The molecule has 2 aromatic rings. The van der Waals surface area contributed by atoms with Gasteiger partial charge in [0.05, 0.1) is 4.92 Å². The van der Waals surface area contributed by atoms with Gasteiger partial charge in [0.1, 0.15) is 11.6 Å². The first-order chi connectivity index (χ1) is 11.9. The summed E-state index contributed by atoms with van der Waals surface area (Å²) in [6, 6.07) is 7.28. The van der Waals surface area contributed by atoms with Gasteiger partial charge in [-0.05, 0) is 30.7 Å². The van der Waals surface area contributed by atoms with Gasteiger partial charge >= 0.3 is 5.69 Å². The average molecular weight is 371 g/mol. The molecule has 0 aliphatic carbocycles. The molecule has 2 rings (SSSR count). The van der Waals surface area contributed by atoms with Crippen molar-refractivity contribution in [1.29, 1.82) is 0 Å². The number of nitrogens with zero attached hydrogens (tertiary/aromatic N) is 1. The van der Waals surface area contributed by atoms with Crippen LogP contribution in [-0.4, -0.2) is 24.0 Å². The number of halogens is 3. The molecule has 0 aliphatic heterocycles. The molecule has 25 heavy (non-hydrogen) atoms. The Morgan fingerprint density at radius 1 is 1.24 bits per heavy atom. The Hall–Kier alpha value is -2.74. The van der Waals surface area contributed by atoms with Gasteiger partial charge in [-0.2, -0.15) is 0 Å². The Morgan fingerprint density at radius 2 is 1.92 bits per heavy atom. The van der Waals surface area contributed by atoms with Gasteiger partial charge in [0.25, 0.3) is 5.91 Å². The van der Waals surface area contributed by atoms with Crippen LogP contribution in [0.25, 0.3) is 0 Å². The standard InChI is InChI=1S/C16H13ClF2N2O4/c17-10-4-5-15(14(8-10)21(23)24)25-9-16(22)20-7-6-11-12(18)2-1-3-13(11)19/h1-5,8H,6-7,9H2,(H,20,22). The highest BCUT2D eigenvalue weighted by Gasteiger charge is 2.17. The van der Waals surface area contributed by atoms with Gasteiger partial charge in [0.2, 0.25) is 0 Å². The van der Waals surface area contributed by atoms with Gasteiger partial charge < -0.3 is 10.1 Å². The zero-order valence-corrected chi connectivity index (χ0v) is 13.6. The molecule has 6 nitrogen and oxygen atoms in total. The molecule has 0 saturated heterocycles. The molecule has 0 fully saturated rings. The molecule has 132 valence electrons. The van der Waals surface area contributed by atoms with E-state index in [2.05, 4.69) is 5.32 Å². The third kappa shape index (κ3) is 5.12. The normalized spacial score (nSPS) is 10.4. The van der Waals surface area contributed by atoms with E-state index in [1.807, 2.05) is 0 Å². The molecule has 0 spiro atoms. The number of rotatable bonds is 7. The molecule has 0 aliphatic rings. The highest BCUT2D eigenvalue weighted by Crippen LogP contribution is 2.29. The predicted octanol–water partition coefficient (Wildman–Crippen LogP) is 3.26. The molecule has 2 aromatic carbocycles. The molecule has 0 atom stereocenters. The van der Waals surface area contributed by atoms with Crippen molar-refractivity contribution in [3.8, 4) is 5.75 Å². The van der Waals surface area contributed by atoms with Crippen molar-refractivity contribution in [2.45, 2.75) is 6.42 Å². The minimum Gasteiger partial charge on any atom is -0.477 e. The second-order valence-corrected chi connectivity index (χ2v) is 5.39. The van der Waals surface area contributed by atoms with Crippen molar-refractivity contribution >= 4 is 23.2 Å². The van der Waals surface area contributed by atoms with Crippen LogP contribution in [0.5, 0.6) is 5.75 Å². The zero-order valence-electron chi connectivity index (χ0n) is 12.8. The fraction of sp³-hybridized carbons (Fsp3) is 0.188. The van der Waals surface area contributed by atoms with E-state index >= 15 is 0 Å². The van der Waals surface area contributed by atoms with Crippen LogP contribution < -0.4 is 10.1 Å². The number of nitrogens with one attached hydrogen (secondary N) is 1. The van der Waals surface area contributed by atoms with E-state index in [0.717, 1.165) is 18.2 Å². The smallest absolute Gasteiger partial charge is 0.312 e. The summed E-state index contributed by atoms with van der Waals surface area (Å²) in [5.41, 5.74) is -0.495. The van der Waals surface area contributed by atoms with E-state index in [1.54, 1.807) is 0 Å². The molecule has 1 amide bonds. The van der Waals surface area contributed by atoms with Crippen LogP contribution in [0.1, 0.15) is 5.56 Å². The first-order valence-electron chi connectivity index (χ1n) is 7.15. The van der Waals surface area contributed by atoms with Gasteiger partial charge in [-0.25, -0.2) is 8.78 Å². The predicted molar refractivity (Wildman–Crippen MR) is 86.7 cm³/mol. The van der Waals surface area contributed by atoms with Crippen LogP contribution in [-0.2, 0) is 11.2 Å². The Morgan fingerprint density at radius 3 is 2.56 bits per heavy atom. The quantitative estimate of drug-likeness (QED) is 0.599. The third-order valence-electron chi connectivity index (χ3n) is 3.24. The number of nitro groups is 1. The molecule has 0 unspecified atom stereocenters. The molecular weight excluding hydrogens is 358 g/mol. The largest absolute Gasteiger partial charge is 0.477 e. The van der Waals surface area contributed by atoms with Crippen molar-refractivity contribution in [2.75, 3.05) is 13.2 Å². The first kappa shape index (κ1) is 18.6. The second-order valence-electron chi connectivity index (χ2n) is 4.96. The van der Waals surface area contributed by atoms with Gasteiger partial charge in [-0.15, -0.1) is 0 Å². The number of benzene rings is 2. The van der Waals surface area contributed by atoms with Crippen LogP contribution in [0.4, 0.5) is 14.5 Å². The summed E-state index contributed by atoms with van der Waals surface area (Å²) in [6.07, 6.45) is -0.0364. The van der Waals surface area contributed by atoms with E-state index in [9.17, 15) is 23.7 Å². The molecule has 0 bridgehead atoms. The number of carbonyl (C=O) groups is 1. The summed E-state index contributed by atoms with van der Waals surface area (Å²) in [6.45, 7) is -0.495. The molecule has 0 heterocycles. The summed E-state index contributed by atoms with van der Waals surface area (Å²) in [5.74, 6) is -2.07. The van der Waals surface area contributed by atoms with Crippen molar-refractivity contribution in [3.05, 3.63) is 68.7 Å². The summed E-state index contributed by atoms with van der Waals surface area (Å²) >= 11 is 5.68. The maximum atomic E-state index is 13.4. The molecule has 9 heteroatoms. The summed E-state index contributed by atoms with van der Waals surface area (Å²) in [7, 11) is 0. The Labute approximate surface area is 146 Å². The lowest BCUT2D eigenvalue weighted by atomic mass is 10.1. The zero-order chi connectivity index (χ0) is 18.4. The van der Waals surface area contributed by atoms with E-state index < -0.39 is 29.1 Å². The van der Waals surface area contributed by atoms with Gasteiger partial charge in [-0.1, -0.05) is 17.7 Å². The van der Waals surface area contributed by atoms with Crippen LogP contribution in [0.3, 0.4) is 0 Å². The van der Waals surface area contributed by atoms with Crippen LogP contribution in [0.15, 0.2) is 36.4 Å². The first-order valence-corrected chi connectivity index (χ1v) is 7.52. The maximum absolute atomic E-state index is 13.4. The van der Waals surface area contributed by atoms with Crippen LogP contribution >= 0.6 is 11.6 Å². The van der Waals surface area contributed by atoms with Gasteiger partial charge in [0, 0.05) is 23.2 Å². The number of hydrogen-bond donors (Lipinski definition) is 1. The third-order valence-corrected chi connectivity index (χ3v) is 3.47. The maximum Gasteiger partial charge on any atom is 0.312 e. The van der Waals surface area contributed by atoms with E-state index in [4.69, 9.17) is 16.3 Å². The Bertz CT molecular complexity index is 781. The summed E-state index contributed by atoms with van der Waals surface area (Å²) < 4.78 is 32.0. The Kier molecular flexibility index (Phi) is 6.24. The molecule has 0 aromatic heterocycles. The number of ether oxygens (including phenoxy) is 1. The minimum absolute atomic E-state index is 0.0112.